The van der Waals surface area contributed by atoms with E-state index in [0.29, 0.717) is 11.5 Å². The molecule has 2 aliphatic heterocycles. The Hall–Kier alpha value is -0.160. The first-order valence-corrected chi connectivity index (χ1v) is 8.90. The normalized spacial score (nSPS) is 32.4. The number of ether oxygens (including phenoxy) is 1. The van der Waals surface area contributed by atoms with Crippen LogP contribution in [0.5, 0.6) is 0 Å². The minimum Gasteiger partial charge on any atom is -0.381 e. The summed E-state index contributed by atoms with van der Waals surface area (Å²) >= 11 is 0. The lowest BCUT2D eigenvalue weighted by Crippen LogP contribution is -2.49. The molecule has 0 spiro atoms. The van der Waals surface area contributed by atoms with Crippen molar-refractivity contribution in [1.29, 1.82) is 0 Å². The van der Waals surface area contributed by atoms with Crippen LogP contribution in [0.4, 0.5) is 0 Å². The highest BCUT2D eigenvalue weighted by Crippen LogP contribution is 2.30. The molecule has 2 saturated heterocycles. The molecule has 2 fully saturated rings. The molecule has 0 bridgehead atoms. The number of rotatable bonds is 7. The number of nitrogens with one attached hydrogen (secondary N) is 1. The number of hydrogen-bond acceptors (Lipinski definition) is 4. The van der Waals surface area contributed by atoms with Gasteiger partial charge in [-0.05, 0) is 52.4 Å². The molecule has 2 rings (SSSR count). The molecule has 2 heterocycles. The summed E-state index contributed by atoms with van der Waals surface area (Å²) in [5, 5.41) is 3.65. The first-order valence-electron chi connectivity index (χ1n) is 8.90. The summed E-state index contributed by atoms with van der Waals surface area (Å²) < 4.78 is 5.78. The second kappa shape index (κ2) is 8.47. The standard InChI is InChI=1S/C17H35N3O/c1-4-8-18-13-17(7-11-21-15-17)14-20-10-6-9-19(3)12-16(20)5-2/h16,18H,4-15H2,1-3H3. The van der Waals surface area contributed by atoms with E-state index in [1.807, 2.05) is 0 Å². The van der Waals surface area contributed by atoms with Crippen molar-refractivity contribution < 1.29 is 4.74 Å². The Morgan fingerprint density at radius 3 is 2.81 bits per heavy atom. The second-order valence-corrected chi connectivity index (χ2v) is 7.13. The fourth-order valence-corrected chi connectivity index (χ4v) is 3.82. The van der Waals surface area contributed by atoms with Gasteiger partial charge in [-0.3, -0.25) is 4.90 Å². The first-order chi connectivity index (χ1) is 10.2. The van der Waals surface area contributed by atoms with Crippen molar-refractivity contribution in [3.63, 3.8) is 0 Å². The molecule has 124 valence electrons. The highest BCUT2D eigenvalue weighted by Gasteiger charge is 2.38. The van der Waals surface area contributed by atoms with Crippen molar-refractivity contribution in [2.75, 3.05) is 59.5 Å². The largest absolute Gasteiger partial charge is 0.381 e. The van der Waals surface area contributed by atoms with E-state index in [9.17, 15) is 0 Å². The molecule has 21 heavy (non-hydrogen) atoms. The monoisotopic (exact) mass is 297 g/mol. The van der Waals surface area contributed by atoms with Gasteiger partial charge in [0.2, 0.25) is 0 Å². The smallest absolute Gasteiger partial charge is 0.0547 e. The van der Waals surface area contributed by atoms with Gasteiger partial charge in [0.05, 0.1) is 6.61 Å². The van der Waals surface area contributed by atoms with E-state index < -0.39 is 0 Å². The molecule has 0 aromatic rings. The summed E-state index contributed by atoms with van der Waals surface area (Å²) in [7, 11) is 2.27. The Morgan fingerprint density at radius 1 is 1.29 bits per heavy atom. The van der Waals surface area contributed by atoms with E-state index in [1.54, 1.807) is 0 Å². The lowest BCUT2D eigenvalue weighted by atomic mass is 9.85. The zero-order valence-electron chi connectivity index (χ0n) is 14.4. The lowest BCUT2D eigenvalue weighted by Gasteiger charge is -2.38. The van der Waals surface area contributed by atoms with Crippen LogP contribution in [0.15, 0.2) is 0 Å². The van der Waals surface area contributed by atoms with E-state index in [-0.39, 0.29) is 0 Å². The summed E-state index contributed by atoms with van der Waals surface area (Å²) in [4.78, 5) is 5.26. The van der Waals surface area contributed by atoms with E-state index in [1.165, 1.54) is 51.9 Å². The number of nitrogens with zero attached hydrogens (tertiary/aromatic N) is 2. The van der Waals surface area contributed by atoms with Crippen LogP contribution in [-0.4, -0.2) is 75.4 Å². The Bertz CT molecular complexity index is 292. The SMILES string of the molecule is CCCNCC1(CN2CCCN(C)CC2CC)CCOC1. The summed E-state index contributed by atoms with van der Waals surface area (Å²) in [6.07, 6.45) is 4.98. The van der Waals surface area contributed by atoms with Crippen LogP contribution in [0.2, 0.25) is 0 Å². The molecular weight excluding hydrogens is 262 g/mol. The quantitative estimate of drug-likeness (QED) is 0.725. The molecular formula is C17H35N3O. The predicted octanol–water partition coefficient (Wildman–Crippen LogP) is 1.81. The Morgan fingerprint density at radius 2 is 2.14 bits per heavy atom. The van der Waals surface area contributed by atoms with Crippen LogP contribution in [0.1, 0.15) is 39.5 Å². The lowest BCUT2D eigenvalue weighted by molar-refractivity contribution is 0.0834. The third-order valence-corrected chi connectivity index (χ3v) is 5.15. The van der Waals surface area contributed by atoms with Crippen molar-refractivity contribution in [3.8, 4) is 0 Å². The van der Waals surface area contributed by atoms with E-state index in [4.69, 9.17) is 4.74 Å². The molecule has 2 atom stereocenters. The maximum Gasteiger partial charge on any atom is 0.0547 e. The topological polar surface area (TPSA) is 27.7 Å². The van der Waals surface area contributed by atoms with Crippen molar-refractivity contribution in [2.24, 2.45) is 5.41 Å². The molecule has 0 aliphatic carbocycles. The van der Waals surface area contributed by atoms with Gasteiger partial charge in [-0.25, -0.2) is 0 Å². The second-order valence-electron chi connectivity index (χ2n) is 7.13. The van der Waals surface area contributed by atoms with E-state index >= 15 is 0 Å². The zero-order chi connectivity index (χ0) is 15.1. The molecule has 0 aromatic carbocycles. The van der Waals surface area contributed by atoms with Crippen LogP contribution in [0, 0.1) is 5.41 Å². The van der Waals surface area contributed by atoms with Crippen LogP contribution in [0.3, 0.4) is 0 Å². The number of likely N-dealkylation sites (N-methyl/N-ethyl adjacent to an activating group) is 1. The summed E-state index contributed by atoms with van der Waals surface area (Å²) in [6, 6.07) is 0.709. The molecule has 0 saturated carbocycles. The third kappa shape index (κ3) is 4.92. The average molecular weight is 297 g/mol. The minimum atomic E-state index is 0.339. The third-order valence-electron chi connectivity index (χ3n) is 5.15. The molecule has 0 amide bonds. The minimum absolute atomic E-state index is 0.339. The van der Waals surface area contributed by atoms with Gasteiger partial charge < -0.3 is 15.0 Å². The van der Waals surface area contributed by atoms with Crippen molar-refractivity contribution in [3.05, 3.63) is 0 Å². The predicted molar refractivity (Wildman–Crippen MR) is 88.8 cm³/mol. The van der Waals surface area contributed by atoms with Gasteiger partial charge in [-0.1, -0.05) is 13.8 Å². The fourth-order valence-electron chi connectivity index (χ4n) is 3.82. The zero-order valence-corrected chi connectivity index (χ0v) is 14.4. The van der Waals surface area contributed by atoms with Crippen molar-refractivity contribution in [1.82, 2.24) is 15.1 Å². The molecule has 2 unspecified atom stereocenters. The van der Waals surface area contributed by atoms with Gasteiger partial charge in [0.25, 0.3) is 0 Å². The van der Waals surface area contributed by atoms with E-state index in [2.05, 4.69) is 36.0 Å². The van der Waals surface area contributed by atoms with Gasteiger partial charge in [-0.15, -0.1) is 0 Å². The van der Waals surface area contributed by atoms with Crippen molar-refractivity contribution >= 4 is 0 Å². The molecule has 2 aliphatic rings. The molecule has 0 aromatic heterocycles. The summed E-state index contributed by atoms with van der Waals surface area (Å²) in [5.74, 6) is 0. The first kappa shape index (κ1) is 17.2. The number of hydrogen-bond donors (Lipinski definition) is 1. The van der Waals surface area contributed by atoms with Gasteiger partial charge in [0.15, 0.2) is 0 Å². The van der Waals surface area contributed by atoms with Crippen molar-refractivity contribution in [2.45, 2.75) is 45.6 Å². The van der Waals surface area contributed by atoms with Crippen LogP contribution in [0.25, 0.3) is 0 Å². The van der Waals surface area contributed by atoms with Gasteiger partial charge in [0, 0.05) is 37.7 Å². The van der Waals surface area contributed by atoms with Crippen LogP contribution < -0.4 is 5.32 Å². The fraction of sp³-hybridized carbons (Fsp3) is 1.00. The Labute approximate surface area is 131 Å². The Kier molecular flexibility index (Phi) is 6.93. The average Bonchev–Trinajstić information content (AvgIpc) is 2.85. The van der Waals surface area contributed by atoms with Gasteiger partial charge >= 0.3 is 0 Å². The Balaban J connectivity index is 1.97. The maximum absolute atomic E-state index is 5.78. The van der Waals surface area contributed by atoms with Gasteiger partial charge in [0.1, 0.15) is 0 Å². The highest BCUT2D eigenvalue weighted by molar-refractivity contribution is 4.91. The molecule has 1 N–H and O–H groups in total. The molecule has 4 nitrogen and oxygen atoms in total. The van der Waals surface area contributed by atoms with E-state index in [0.717, 1.165) is 26.3 Å². The molecule has 4 heteroatoms. The highest BCUT2D eigenvalue weighted by atomic mass is 16.5. The van der Waals surface area contributed by atoms with Gasteiger partial charge in [-0.2, -0.15) is 0 Å². The summed E-state index contributed by atoms with van der Waals surface area (Å²) in [5.41, 5.74) is 0.339. The van der Waals surface area contributed by atoms with Crippen LogP contribution >= 0.6 is 0 Å². The van der Waals surface area contributed by atoms with Crippen LogP contribution in [-0.2, 0) is 4.74 Å². The maximum atomic E-state index is 5.78. The molecule has 0 radical (unpaired) electrons. The summed E-state index contributed by atoms with van der Waals surface area (Å²) in [6.45, 7) is 13.6.